The Balaban J connectivity index is 0.00000261. The number of hydrogen-bond donors (Lipinski definition) is 3. The molecule has 3 heterocycles. The Morgan fingerprint density at radius 1 is 1.33 bits per heavy atom. The SMILES string of the molecule is CCNC(=O)[C@@H]1C[C@@H](n2cc(CNS(=O)(=O)N3CCCCC3)nn2)CN1.Cl. The Morgan fingerprint density at radius 3 is 2.78 bits per heavy atom. The average molecular weight is 422 g/mol. The Hall–Kier alpha value is -1.27. The van der Waals surface area contributed by atoms with E-state index in [1.54, 1.807) is 10.9 Å². The first-order chi connectivity index (χ1) is 12.5. The number of halogens is 1. The molecule has 1 aromatic rings. The molecular weight excluding hydrogens is 394 g/mol. The molecule has 10 nitrogen and oxygen atoms in total. The van der Waals surface area contributed by atoms with Gasteiger partial charge < -0.3 is 10.6 Å². The third-order valence-corrected chi connectivity index (χ3v) is 6.35. The molecule has 2 atom stereocenters. The fourth-order valence-electron chi connectivity index (χ4n) is 3.35. The normalized spacial score (nSPS) is 23.7. The number of hydrogen-bond acceptors (Lipinski definition) is 6. The van der Waals surface area contributed by atoms with Crippen molar-refractivity contribution in [1.82, 2.24) is 34.7 Å². The van der Waals surface area contributed by atoms with Crippen molar-refractivity contribution >= 4 is 28.5 Å². The monoisotopic (exact) mass is 421 g/mol. The van der Waals surface area contributed by atoms with Gasteiger partial charge in [-0.3, -0.25) is 4.79 Å². The van der Waals surface area contributed by atoms with Crippen molar-refractivity contribution in [2.75, 3.05) is 26.2 Å². The molecule has 2 aliphatic heterocycles. The van der Waals surface area contributed by atoms with E-state index in [1.807, 2.05) is 6.92 Å². The molecular formula is C15H28ClN7O3S. The van der Waals surface area contributed by atoms with Crippen LogP contribution in [0.4, 0.5) is 0 Å². The van der Waals surface area contributed by atoms with Crippen LogP contribution < -0.4 is 15.4 Å². The molecule has 0 aliphatic carbocycles. The van der Waals surface area contributed by atoms with Crippen LogP contribution in [0.3, 0.4) is 0 Å². The maximum atomic E-state index is 12.3. The van der Waals surface area contributed by atoms with Crippen LogP contribution >= 0.6 is 12.4 Å². The van der Waals surface area contributed by atoms with Crippen molar-refractivity contribution in [1.29, 1.82) is 0 Å². The molecule has 1 amide bonds. The number of aromatic nitrogens is 3. The summed E-state index contributed by atoms with van der Waals surface area (Å²) in [5, 5.41) is 14.1. The zero-order valence-corrected chi connectivity index (χ0v) is 17.1. The van der Waals surface area contributed by atoms with Gasteiger partial charge in [-0.2, -0.15) is 17.4 Å². The minimum Gasteiger partial charge on any atom is -0.355 e. The fourth-order valence-corrected chi connectivity index (χ4v) is 4.60. The Kier molecular flexibility index (Phi) is 7.98. The topological polar surface area (TPSA) is 121 Å². The number of likely N-dealkylation sites (N-methyl/N-ethyl adjacent to an activating group) is 1. The van der Waals surface area contributed by atoms with Gasteiger partial charge in [0.1, 0.15) is 0 Å². The predicted octanol–water partition coefficient (Wildman–Crippen LogP) is -0.441. The van der Waals surface area contributed by atoms with E-state index in [1.165, 1.54) is 4.31 Å². The first-order valence-electron chi connectivity index (χ1n) is 9.16. The summed E-state index contributed by atoms with van der Waals surface area (Å²) in [7, 11) is -3.48. The van der Waals surface area contributed by atoms with Crippen molar-refractivity contribution in [2.24, 2.45) is 0 Å². The van der Waals surface area contributed by atoms with Gasteiger partial charge in [-0.1, -0.05) is 11.6 Å². The minimum atomic E-state index is -3.48. The van der Waals surface area contributed by atoms with Crippen molar-refractivity contribution < 1.29 is 13.2 Å². The van der Waals surface area contributed by atoms with E-state index < -0.39 is 10.2 Å². The second-order valence-electron chi connectivity index (χ2n) is 6.72. The smallest absolute Gasteiger partial charge is 0.279 e. The van der Waals surface area contributed by atoms with E-state index in [-0.39, 0.29) is 36.9 Å². The average Bonchev–Trinajstić information content (AvgIpc) is 3.30. The number of rotatable bonds is 7. The van der Waals surface area contributed by atoms with Crippen molar-refractivity contribution in [3.05, 3.63) is 11.9 Å². The van der Waals surface area contributed by atoms with Crippen LogP contribution in [0.25, 0.3) is 0 Å². The molecule has 0 saturated carbocycles. The number of carbonyl (C=O) groups is 1. The van der Waals surface area contributed by atoms with Gasteiger partial charge in [0.15, 0.2) is 0 Å². The van der Waals surface area contributed by atoms with E-state index in [0.717, 1.165) is 19.3 Å². The van der Waals surface area contributed by atoms with Crippen LogP contribution in [-0.2, 0) is 21.5 Å². The Bertz CT molecular complexity index is 721. The molecule has 0 spiro atoms. The summed E-state index contributed by atoms with van der Waals surface area (Å²) >= 11 is 0. The van der Waals surface area contributed by atoms with Crippen LogP contribution in [0.5, 0.6) is 0 Å². The highest BCUT2D eigenvalue weighted by Gasteiger charge is 2.31. The van der Waals surface area contributed by atoms with E-state index in [0.29, 0.717) is 38.3 Å². The molecule has 2 saturated heterocycles. The molecule has 0 bridgehead atoms. The Labute approximate surface area is 166 Å². The lowest BCUT2D eigenvalue weighted by Gasteiger charge is -2.25. The number of nitrogens with one attached hydrogen (secondary N) is 3. The quantitative estimate of drug-likeness (QED) is 0.548. The van der Waals surface area contributed by atoms with E-state index >= 15 is 0 Å². The third kappa shape index (κ3) is 5.61. The van der Waals surface area contributed by atoms with Gasteiger partial charge in [0.2, 0.25) is 5.91 Å². The van der Waals surface area contributed by atoms with Crippen molar-refractivity contribution in [2.45, 2.75) is 51.2 Å². The summed E-state index contributed by atoms with van der Waals surface area (Å²) in [6, 6.07) is -0.201. The van der Waals surface area contributed by atoms with Crippen molar-refractivity contribution in [3.8, 4) is 0 Å². The highest BCUT2D eigenvalue weighted by Crippen LogP contribution is 2.19. The third-order valence-electron chi connectivity index (χ3n) is 4.80. The van der Waals surface area contributed by atoms with Crippen molar-refractivity contribution in [3.63, 3.8) is 0 Å². The lowest BCUT2D eigenvalue weighted by Crippen LogP contribution is -2.43. The molecule has 12 heteroatoms. The maximum absolute atomic E-state index is 12.3. The first-order valence-corrected chi connectivity index (χ1v) is 10.6. The van der Waals surface area contributed by atoms with Gasteiger partial charge in [0.05, 0.1) is 30.5 Å². The van der Waals surface area contributed by atoms with Crippen LogP contribution in [0.1, 0.15) is 44.3 Å². The zero-order chi connectivity index (χ0) is 18.6. The van der Waals surface area contributed by atoms with Crippen LogP contribution in [-0.4, -0.2) is 65.8 Å². The summed E-state index contributed by atoms with van der Waals surface area (Å²) < 4.78 is 30.4. The summed E-state index contributed by atoms with van der Waals surface area (Å²) in [5.74, 6) is -0.00960. The van der Waals surface area contributed by atoms with Gasteiger partial charge >= 0.3 is 0 Å². The van der Waals surface area contributed by atoms with Crippen LogP contribution in [0, 0.1) is 0 Å². The Morgan fingerprint density at radius 2 is 2.07 bits per heavy atom. The summed E-state index contributed by atoms with van der Waals surface area (Å²) in [6.07, 6.45) is 5.25. The standard InChI is InChI=1S/C15H27N7O3S.ClH/c1-2-16-15(23)14-8-13(10-17-14)22-11-12(19-20-22)9-18-26(24,25)21-6-4-3-5-7-21;/h11,13-14,17-18H,2-10H2,1H3,(H,16,23);1H/t13-,14+;/m1./s1. The van der Waals surface area contributed by atoms with Gasteiger partial charge in [-0.15, -0.1) is 17.5 Å². The molecule has 0 radical (unpaired) electrons. The second-order valence-corrected chi connectivity index (χ2v) is 8.48. The molecule has 154 valence electrons. The summed E-state index contributed by atoms with van der Waals surface area (Å²) in [6.45, 7) is 4.36. The molecule has 1 aromatic heterocycles. The van der Waals surface area contributed by atoms with Crippen LogP contribution in [0.15, 0.2) is 6.20 Å². The molecule has 2 aliphatic rings. The largest absolute Gasteiger partial charge is 0.355 e. The van der Waals surface area contributed by atoms with Gasteiger partial charge in [-0.25, -0.2) is 4.68 Å². The van der Waals surface area contributed by atoms with E-state index in [4.69, 9.17) is 0 Å². The van der Waals surface area contributed by atoms with E-state index in [9.17, 15) is 13.2 Å². The van der Waals surface area contributed by atoms with Gasteiger partial charge in [-0.05, 0) is 26.2 Å². The molecule has 3 N–H and O–H groups in total. The van der Waals surface area contributed by atoms with Gasteiger partial charge in [0.25, 0.3) is 10.2 Å². The first kappa shape index (κ1) is 22.0. The predicted molar refractivity (Wildman–Crippen MR) is 103 cm³/mol. The fraction of sp³-hybridized carbons (Fsp3) is 0.800. The lowest BCUT2D eigenvalue weighted by molar-refractivity contribution is -0.122. The molecule has 27 heavy (non-hydrogen) atoms. The number of carbonyl (C=O) groups excluding carboxylic acids is 1. The van der Waals surface area contributed by atoms with E-state index in [2.05, 4.69) is 25.7 Å². The second kappa shape index (κ2) is 9.78. The van der Waals surface area contributed by atoms with Crippen LogP contribution in [0.2, 0.25) is 0 Å². The number of nitrogens with zero attached hydrogens (tertiary/aromatic N) is 4. The molecule has 0 unspecified atom stereocenters. The summed E-state index contributed by atoms with van der Waals surface area (Å²) in [5.41, 5.74) is 0.562. The molecule has 0 aromatic carbocycles. The maximum Gasteiger partial charge on any atom is 0.279 e. The molecule has 3 rings (SSSR count). The highest BCUT2D eigenvalue weighted by atomic mass is 35.5. The highest BCUT2D eigenvalue weighted by molar-refractivity contribution is 7.87. The van der Waals surface area contributed by atoms with Gasteiger partial charge in [0, 0.05) is 26.2 Å². The minimum absolute atomic E-state index is 0. The lowest BCUT2D eigenvalue weighted by atomic mass is 10.1. The number of amides is 1. The summed E-state index contributed by atoms with van der Waals surface area (Å²) in [4.78, 5) is 11.9. The molecule has 2 fully saturated rings. The zero-order valence-electron chi connectivity index (χ0n) is 15.4. The number of piperidine rings is 1.